The number of carbonyl (C=O) groups is 1. The highest BCUT2D eigenvalue weighted by molar-refractivity contribution is 5.95. The molecule has 0 N–H and O–H groups in total. The zero-order valence-corrected chi connectivity index (χ0v) is 8.09. The predicted octanol–water partition coefficient (Wildman–Crippen LogP) is 1.66. The summed E-state index contributed by atoms with van der Waals surface area (Å²) in [4.78, 5) is 11.2. The molecule has 0 atom stereocenters. The van der Waals surface area contributed by atoms with Crippen molar-refractivity contribution in [1.82, 2.24) is 4.57 Å². The van der Waals surface area contributed by atoms with Crippen LogP contribution >= 0.6 is 0 Å². The van der Waals surface area contributed by atoms with Crippen LogP contribution in [0.1, 0.15) is 35.6 Å². The average molecular weight is 176 g/mol. The van der Waals surface area contributed by atoms with E-state index in [-0.39, 0.29) is 5.78 Å². The molecule has 0 radical (unpaired) electrons. The van der Waals surface area contributed by atoms with Gasteiger partial charge in [-0.3, -0.25) is 4.79 Å². The smallest absolute Gasteiger partial charge is 0.161 e. The van der Waals surface area contributed by atoms with Gasteiger partial charge in [0.15, 0.2) is 5.78 Å². The molecule has 0 bridgehead atoms. The Labute approximate surface area is 77.6 Å². The first-order valence-corrected chi connectivity index (χ1v) is 4.21. The molecule has 1 aromatic heterocycles. The van der Waals surface area contributed by atoms with Gasteiger partial charge in [0.25, 0.3) is 0 Å². The van der Waals surface area contributed by atoms with Crippen LogP contribution in [-0.4, -0.2) is 10.4 Å². The minimum Gasteiger partial charge on any atom is -0.339 e. The van der Waals surface area contributed by atoms with Crippen LogP contribution in [0.5, 0.6) is 0 Å². The lowest BCUT2D eigenvalue weighted by Crippen LogP contribution is -2.01. The van der Waals surface area contributed by atoms with Crippen LogP contribution in [0.4, 0.5) is 0 Å². The minimum atomic E-state index is 0.0222. The van der Waals surface area contributed by atoms with Crippen molar-refractivity contribution in [3.63, 3.8) is 0 Å². The highest BCUT2D eigenvalue weighted by atomic mass is 16.1. The second-order valence-electron chi connectivity index (χ2n) is 2.97. The second-order valence-corrected chi connectivity index (χ2v) is 2.97. The van der Waals surface area contributed by atoms with Gasteiger partial charge in [-0.25, -0.2) is 0 Å². The molecule has 0 unspecified atom stereocenters. The molecule has 0 saturated heterocycles. The molecule has 0 fully saturated rings. The van der Waals surface area contributed by atoms with Gasteiger partial charge in [0.05, 0.1) is 0 Å². The normalized spacial score (nSPS) is 9.69. The first-order valence-electron chi connectivity index (χ1n) is 4.21. The molecule has 0 aromatic carbocycles. The fourth-order valence-corrected chi connectivity index (χ4v) is 1.48. The molecule has 1 heterocycles. The number of hydrogen-bond donors (Lipinski definition) is 0. The summed E-state index contributed by atoms with van der Waals surface area (Å²) in [5.41, 5.74) is 2.15. The molecule has 3 heteroatoms. The Morgan fingerprint density at radius 2 is 2.31 bits per heavy atom. The first kappa shape index (κ1) is 9.53. The van der Waals surface area contributed by atoms with E-state index in [2.05, 4.69) is 6.07 Å². The molecule has 68 valence electrons. The molecule has 0 aliphatic rings. The van der Waals surface area contributed by atoms with Gasteiger partial charge >= 0.3 is 0 Å². The molecule has 0 amide bonds. The van der Waals surface area contributed by atoms with Crippen LogP contribution in [-0.2, 0) is 13.5 Å². The molecule has 1 rings (SSSR count). The number of hydrogen-bond acceptors (Lipinski definition) is 2. The van der Waals surface area contributed by atoms with Crippen molar-refractivity contribution in [3.8, 4) is 6.07 Å². The van der Waals surface area contributed by atoms with E-state index in [4.69, 9.17) is 5.26 Å². The van der Waals surface area contributed by atoms with Gasteiger partial charge in [-0.05, 0) is 19.4 Å². The van der Waals surface area contributed by atoms with Crippen molar-refractivity contribution in [2.45, 2.75) is 20.3 Å². The Morgan fingerprint density at radius 3 is 2.62 bits per heavy atom. The predicted molar refractivity (Wildman–Crippen MR) is 49.5 cm³/mol. The summed E-state index contributed by atoms with van der Waals surface area (Å²) in [6.45, 7) is 3.50. The lowest BCUT2D eigenvalue weighted by Gasteiger charge is -2.01. The van der Waals surface area contributed by atoms with E-state index in [1.54, 1.807) is 10.6 Å². The fourth-order valence-electron chi connectivity index (χ4n) is 1.48. The van der Waals surface area contributed by atoms with E-state index in [1.165, 1.54) is 6.92 Å². The van der Waals surface area contributed by atoms with Crippen molar-refractivity contribution < 1.29 is 4.79 Å². The highest BCUT2D eigenvalue weighted by Crippen LogP contribution is 2.15. The Bertz CT molecular complexity index is 382. The third-order valence-corrected chi connectivity index (χ3v) is 2.19. The molecule has 3 nitrogen and oxygen atoms in total. The van der Waals surface area contributed by atoms with E-state index in [0.717, 1.165) is 12.1 Å². The van der Waals surface area contributed by atoms with Gasteiger partial charge in [0.1, 0.15) is 11.8 Å². The molecule has 0 aliphatic heterocycles. The van der Waals surface area contributed by atoms with E-state index in [0.29, 0.717) is 11.3 Å². The van der Waals surface area contributed by atoms with Gasteiger partial charge < -0.3 is 4.57 Å². The van der Waals surface area contributed by atoms with Crippen molar-refractivity contribution in [2.75, 3.05) is 0 Å². The Balaban J connectivity index is 3.38. The van der Waals surface area contributed by atoms with E-state index < -0.39 is 0 Å². The third-order valence-electron chi connectivity index (χ3n) is 2.19. The van der Waals surface area contributed by atoms with Crippen molar-refractivity contribution >= 4 is 5.78 Å². The number of rotatable bonds is 2. The zero-order valence-electron chi connectivity index (χ0n) is 8.09. The summed E-state index contributed by atoms with van der Waals surface area (Å²) in [5, 5.41) is 8.75. The monoisotopic (exact) mass is 176 g/mol. The van der Waals surface area contributed by atoms with Crippen LogP contribution in [0.25, 0.3) is 0 Å². The molecule has 0 saturated carbocycles. The molecular formula is C10H12N2O. The number of carbonyl (C=O) groups excluding carboxylic acids is 1. The van der Waals surface area contributed by atoms with Gasteiger partial charge in [0.2, 0.25) is 0 Å². The first-order chi connectivity index (χ1) is 6.11. The SMILES string of the molecule is CCc1c(C(C)=O)cc(C#N)n1C. The van der Waals surface area contributed by atoms with Crippen molar-refractivity contribution in [2.24, 2.45) is 7.05 Å². The number of ketones is 1. The van der Waals surface area contributed by atoms with Crippen molar-refractivity contribution in [1.29, 1.82) is 5.26 Å². The van der Waals surface area contributed by atoms with Crippen molar-refractivity contribution in [3.05, 3.63) is 23.0 Å². The van der Waals surface area contributed by atoms with E-state index in [9.17, 15) is 4.79 Å². The van der Waals surface area contributed by atoms with Crippen LogP contribution in [0.15, 0.2) is 6.07 Å². The van der Waals surface area contributed by atoms with Gasteiger partial charge in [0, 0.05) is 18.3 Å². The van der Waals surface area contributed by atoms with E-state index in [1.807, 2.05) is 14.0 Å². The maximum Gasteiger partial charge on any atom is 0.161 e. The standard InChI is InChI=1S/C10H12N2O/c1-4-10-9(7(2)13)5-8(6-11)12(10)3/h5H,4H2,1-3H3. The highest BCUT2D eigenvalue weighted by Gasteiger charge is 2.13. The third kappa shape index (κ3) is 1.48. The molecule has 13 heavy (non-hydrogen) atoms. The number of nitriles is 1. The van der Waals surface area contributed by atoms with Crippen LogP contribution in [0.2, 0.25) is 0 Å². The summed E-state index contributed by atoms with van der Waals surface area (Å²) in [5.74, 6) is 0.0222. The molecule has 0 aliphatic carbocycles. The topological polar surface area (TPSA) is 45.8 Å². The Hall–Kier alpha value is -1.56. The lowest BCUT2D eigenvalue weighted by atomic mass is 10.1. The number of nitrogens with zero attached hydrogens (tertiary/aromatic N) is 2. The summed E-state index contributed by atoms with van der Waals surface area (Å²) < 4.78 is 1.77. The summed E-state index contributed by atoms with van der Waals surface area (Å²) in [6.07, 6.45) is 0.771. The van der Waals surface area contributed by atoms with Crippen LogP contribution in [0.3, 0.4) is 0 Å². The zero-order chi connectivity index (χ0) is 10.0. The fraction of sp³-hybridized carbons (Fsp3) is 0.400. The number of Topliss-reactive ketones (excluding diaryl/α,β-unsaturated/α-hetero) is 1. The lowest BCUT2D eigenvalue weighted by molar-refractivity contribution is 0.101. The second kappa shape index (κ2) is 3.44. The maximum atomic E-state index is 11.2. The van der Waals surface area contributed by atoms with Gasteiger partial charge in [-0.2, -0.15) is 5.26 Å². The minimum absolute atomic E-state index is 0.0222. The van der Waals surface area contributed by atoms with Crippen LogP contribution in [0, 0.1) is 11.3 Å². The van der Waals surface area contributed by atoms with Gasteiger partial charge in [-0.15, -0.1) is 0 Å². The quantitative estimate of drug-likeness (QED) is 0.643. The van der Waals surface area contributed by atoms with Crippen LogP contribution < -0.4 is 0 Å². The number of aromatic nitrogens is 1. The largest absolute Gasteiger partial charge is 0.339 e. The summed E-state index contributed by atoms with van der Waals surface area (Å²) in [6, 6.07) is 3.71. The molecule has 1 aromatic rings. The van der Waals surface area contributed by atoms with Gasteiger partial charge in [-0.1, -0.05) is 6.92 Å². The molecular weight excluding hydrogens is 164 g/mol. The Kier molecular flexibility index (Phi) is 2.52. The van der Waals surface area contributed by atoms with E-state index >= 15 is 0 Å². The summed E-state index contributed by atoms with van der Waals surface area (Å²) in [7, 11) is 1.81. The maximum absolute atomic E-state index is 11.2. The molecule has 0 spiro atoms. The average Bonchev–Trinajstić information content (AvgIpc) is 2.42. The Morgan fingerprint density at radius 1 is 1.69 bits per heavy atom. The summed E-state index contributed by atoms with van der Waals surface area (Å²) >= 11 is 0.